The van der Waals surface area contributed by atoms with E-state index >= 15 is 0 Å². The lowest BCUT2D eigenvalue weighted by atomic mass is 10.0. The van der Waals surface area contributed by atoms with E-state index < -0.39 is 11.9 Å². The number of carbonyl (C=O) groups is 1. The molecule has 0 spiro atoms. The minimum Gasteiger partial charge on any atom is -0.481 e. The van der Waals surface area contributed by atoms with Gasteiger partial charge in [-0.1, -0.05) is 12.1 Å². The largest absolute Gasteiger partial charge is 0.481 e. The van der Waals surface area contributed by atoms with Crippen molar-refractivity contribution in [2.24, 2.45) is 5.92 Å². The first-order valence-electron chi connectivity index (χ1n) is 5.44. The number of aliphatic carboxylic acids is 1. The molecule has 0 aromatic carbocycles. The number of carboxylic acids is 1. The maximum Gasteiger partial charge on any atom is 0.306 e. The summed E-state index contributed by atoms with van der Waals surface area (Å²) in [6.45, 7) is 5.48. The Morgan fingerprint density at radius 3 is 2.88 bits per heavy atom. The number of carboxylic acid groups (broad SMARTS) is 1. The van der Waals surface area contributed by atoms with Crippen LogP contribution in [-0.4, -0.2) is 21.2 Å². The van der Waals surface area contributed by atoms with Crippen LogP contribution in [0.15, 0.2) is 10.6 Å². The van der Waals surface area contributed by atoms with Crippen LogP contribution >= 0.6 is 0 Å². The highest BCUT2D eigenvalue weighted by atomic mass is 16.5. The fourth-order valence-electron chi connectivity index (χ4n) is 1.88. The van der Waals surface area contributed by atoms with Crippen molar-refractivity contribution in [2.45, 2.75) is 27.2 Å². The molecule has 2 rings (SSSR count). The van der Waals surface area contributed by atoms with Crippen LogP contribution in [0.4, 0.5) is 0 Å². The second-order valence-corrected chi connectivity index (χ2v) is 4.33. The van der Waals surface area contributed by atoms with Crippen molar-refractivity contribution < 1.29 is 14.4 Å². The van der Waals surface area contributed by atoms with Gasteiger partial charge >= 0.3 is 5.97 Å². The maximum atomic E-state index is 10.8. The topological polar surface area (TPSA) is 76.2 Å². The summed E-state index contributed by atoms with van der Waals surface area (Å²) in [5, 5.41) is 13.6. The number of fused-ring (bicyclic) bond motifs is 1. The van der Waals surface area contributed by atoms with Crippen LogP contribution in [-0.2, 0) is 11.2 Å². The standard InChI is InChI=1S/C12H14N2O3/c1-6-4-8(3)13-11-10(6)9(14-17-11)5-7(2)12(15)16/h4,7H,5H2,1-3H3,(H,15,16). The van der Waals surface area contributed by atoms with Gasteiger partial charge in [0.05, 0.1) is 17.0 Å². The van der Waals surface area contributed by atoms with E-state index in [1.807, 2.05) is 19.9 Å². The second-order valence-electron chi connectivity index (χ2n) is 4.33. The van der Waals surface area contributed by atoms with Crippen LogP contribution < -0.4 is 0 Å². The highest BCUT2D eigenvalue weighted by molar-refractivity contribution is 5.81. The summed E-state index contributed by atoms with van der Waals surface area (Å²) in [5.41, 5.74) is 3.03. The van der Waals surface area contributed by atoms with Crippen LogP contribution in [0.3, 0.4) is 0 Å². The van der Waals surface area contributed by atoms with Crippen molar-refractivity contribution >= 4 is 17.1 Å². The molecule has 0 aliphatic rings. The molecule has 1 unspecified atom stereocenters. The van der Waals surface area contributed by atoms with Crippen LogP contribution in [0.5, 0.6) is 0 Å². The number of rotatable bonds is 3. The highest BCUT2D eigenvalue weighted by Crippen LogP contribution is 2.23. The Labute approximate surface area is 98.4 Å². The van der Waals surface area contributed by atoms with Gasteiger partial charge in [-0.2, -0.15) is 0 Å². The van der Waals surface area contributed by atoms with Gasteiger partial charge < -0.3 is 9.63 Å². The minimum atomic E-state index is -0.834. The minimum absolute atomic E-state index is 0.355. The number of aryl methyl sites for hydroxylation is 2. The lowest BCUT2D eigenvalue weighted by Crippen LogP contribution is -2.12. The number of aromatic nitrogens is 2. The van der Waals surface area contributed by atoms with Gasteiger partial charge in [0, 0.05) is 12.1 Å². The first-order valence-corrected chi connectivity index (χ1v) is 5.44. The van der Waals surface area contributed by atoms with Crippen LogP contribution in [0.2, 0.25) is 0 Å². The molecule has 0 bridgehead atoms. The van der Waals surface area contributed by atoms with Crippen molar-refractivity contribution in [1.29, 1.82) is 0 Å². The van der Waals surface area contributed by atoms with Gasteiger partial charge in [0.25, 0.3) is 5.71 Å². The molecule has 0 aliphatic carbocycles. The molecule has 5 heteroatoms. The van der Waals surface area contributed by atoms with Gasteiger partial charge in [-0.3, -0.25) is 4.79 Å². The zero-order valence-electron chi connectivity index (χ0n) is 10.0. The molecule has 0 aliphatic heterocycles. The van der Waals surface area contributed by atoms with E-state index in [9.17, 15) is 4.79 Å². The Morgan fingerprint density at radius 1 is 1.53 bits per heavy atom. The molecule has 90 valence electrons. The molecule has 0 saturated heterocycles. The smallest absolute Gasteiger partial charge is 0.306 e. The normalized spacial score (nSPS) is 12.9. The van der Waals surface area contributed by atoms with E-state index in [0.29, 0.717) is 17.8 Å². The zero-order chi connectivity index (χ0) is 12.6. The zero-order valence-corrected chi connectivity index (χ0v) is 10.0. The lowest BCUT2D eigenvalue weighted by molar-refractivity contribution is -0.141. The van der Waals surface area contributed by atoms with Crippen LogP contribution in [0, 0.1) is 19.8 Å². The average molecular weight is 234 g/mol. The summed E-state index contributed by atoms with van der Waals surface area (Å²) >= 11 is 0. The molecule has 0 saturated carbocycles. The van der Waals surface area contributed by atoms with E-state index in [0.717, 1.165) is 16.6 Å². The third-order valence-electron chi connectivity index (χ3n) is 2.76. The summed E-state index contributed by atoms with van der Waals surface area (Å²) in [4.78, 5) is 15.1. The van der Waals surface area contributed by atoms with E-state index in [-0.39, 0.29) is 0 Å². The Balaban J connectivity index is 2.46. The molecular weight excluding hydrogens is 220 g/mol. The Morgan fingerprint density at radius 2 is 2.24 bits per heavy atom. The first-order chi connectivity index (χ1) is 7.99. The van der Waals surface area contributed by atoms with Crippen molar-refractivity contribution in [3.63, 3.8) is 0 Å². The monoisotopic (exact) mass is 234 g/mol. The molecule has 1 atom stereocenters. The van der Waals surface area contributed by atoms with Crippen molar-refractivity contribution in [1.82, 2.24) is 10.1 Å². The van der Waals surface area contributed by atoms with Gasteiger partial charge in [0.1, 0.15) is 0 Å². The molecule has 0 radical (unpaired) electrons. The molecule has 2 aromatic heterocycles. The van der Waals surface area contributed by atoms with Crippen LogP contribution in [0.1, 0.15) is 23.9 Å². The maximum absolute atomic E-state index is 10.8. The number of nitrogens with zero attached hydrogens (tertiary/aromatic N) is 2. The molecule has 0 amide bonds. The second kappa shape index (κ2) is 4.16. The molecule has 1 N–H and O–H groups in total. The summed E-state index contributed by atoms with van der Waals surface area (Å²) in [7, 11) is 0. The summed E-state index contributed by atoms with van der Waals surface area (Å²) in [6.07, 6.45) is 0.355. The molecular formula is C12H14N2O3. The lowest BCUT2D eigenvalue weighted by Gasteiger charge is -2.03. The molecule has 2 aromatic rings. The predicted octanol–water partition coefficient (Wildman–Crippen LogP) is 2.10. The number of hydrogen-bond acceptors (Lipinski definition) is 4. The van der Waals surface area contributed by atoms with E-state index in [1.165, 1.54) is 0 Å². The average Bonchev–Trinajstić information content (AvgIpc) is 2.60. The van der Waals surface area contributed by atoms with Crippen molar-refractivity contribution in [3.05, 3.63) is 23.0 Å². The van der Waals surface area contributed by atoms with Crippen molar-refractivity contribution in [2.75, 3.05) is 0 Å². The van der Waals surface area contributed by atoms with E-state index in [1.54, 1.807) is 6.92 Å². The Bertz CT molecular complexity index is 574. The van der Waals surface area contributed by atoms with Crippen LogP contribution in [0.25, 0.3) is 11.1 Å². The summed E-state index contributed by atoms with van der Waals surface area (Å²) < 4.78 is 5.14. The fourth-order valence-corrected chi connectivity index (χ4v) is 1.88. The van der Waals surface area contributed by atoms with E-state index in [4.69, 9.17) is 9.63 Å². The Kier molecular flexibility index (Phi) is 2.83. The molecule has 17 heavy (non-hydrogen) atoms. The van der Waals surface area contributed by atoms with Gasteiger partial charge in [-0.25, -0.2) is 4.98 Å². The summed E-state index contributed by atoms with van der Waals surface area (Å²) in [5.74, 6) is -1.32. The predicted molar refractivity (Wildman–Crippen MR) is 61.8 cm³/mol. The number of hydrogen-bond donors (Lipinski definition) is 1. The fraction of sp³-hybridized carbons (Fsp3) is 0.417. The Hall–Kier alpha value is -1.91. The van der Waals surface area contributed by atoms with Gasteiger partial charge in [0.15, 0.2) is 0 Å². The SMILES string of the molecule is Cc1cc(C)c2c(CC(C)C(=O)O)noc2n1. The quantitative estimate of drug-likeness (QED) is 0.880. The molecule has 5 nitrogen and oxygen atoms in total. The van der Waals surface area contributed by atoms with Crippen molar-refractivity contribution in [3.8, 4) is 0 Å². The van der Waals surface area contributed by atoms with Gasteiger partial charge in [-0.15, -0.1) is 0 Å². The summed E-state index contributed by atoms with van der Waals surface area (Å²) in [6, 6.07) is 1.94. The molecule has 2 heterocycles. The first kappa shape index (κ1) is 11.6. The third kappa shape index (κ3) is 2.13. The third-order valence-corrected chi connectivity index (χ3v) is 2.76. The molecule has 0 fully saturated rings. The van der Waals surface area contributed by atoms with E-state index in [2.05, 4.69) is 10.1 Å². The van der Waals surface area contributed by atoms with Gasteiger partial charge in [0.2, 0.25) is 0 Å². The number of pyridine rings is 1. The van der Waals surface area contributed by atoms with Gasteiger partial charge in [-0.05, 0) is 25.5 Å². The highest BCUT2D eigenvalue weighted by Gasteiger charge is 2.18.